The Morgan fingerprint density at radius 2 is 2.42 bits per heavy atom. The highest BCUT2D eigenvalue weighted by Crippen LogP contribution is 2.29. The molecule has 0 saturated heterocycles. The van der Waals surface area contributed by atoms with Crippen molar-refractivity contribution in [3.8, 4) is 0 Å². The van der Waals surface area contributed by atoms with E-state index in [0.717, 1.165) is 11.0 Å². The number of hydrogen-bond donors (Lipinski definition) is 2. The van der Waals surface area contributed by atoms with Crippen LogP contribution in [0.15, 0.2) is 30.1 Å². The van der Waals surface area contributed by atoms with E-state index in [9.17, 15) is 4.79 Å². The zero-order chi connectivity index (χ0) is 13.2. The quantitative estimate of drug-likeness (QED) is 0.828. The van der Waals surface area contributed by atoms with Crippen LogP contribution in [0.2, 0.25) is 0 Å². The second kappa shape index (κ2) is 4.93. The van der Waals surface area contributed by atoms with E-state index in [1.54, 1.807) is 0 Å². The SMILES string of the molecule is COC(=O)C1SC=CC1Nc1ncnc2[nH]ccc12. The van der Waals surface area contributed by atoms with Crippen molar-refractivity contribution in [2.75, 3.05) is 12.4 Å². The standard InChI is InChI=1S/C12H12N4O2S/c1-18-12(17)9-8(3-5-19-9)16-11-7-2-4-13-10(7)14-6-15-11/h2-6,8-9H,1H3,(H2,13,14,15,16). The lowest BCUT2D eigenvalue weighted by Crippen LogP contribution is -2.34. The molecule has 0 radical (unpaired) electrons. The molecular formula is C12H12N4O2S. The molecule has 1 aliphatic heterocycles. The van der Waals surface area contributed by atoms with E-state index in [2.05, 4.69) is 20.3 Å². The molecule has 19 heavy (non-hydrogen) atoms. The first-order valence-corrected chi connectivity index (χ1v) is 6.68. The minimum absolute atomic E-state index is 0.134. The third-order valence-corrected chi connectivity index (χ3v) is 4.02. The maximum Gasteiger partial charge on any atom is 0.321 e. The van der Waals surface area contributed by atoms with Gasteiger partial charge in [-0.2, -0.15) is 0 Å². The number of methoxy groups -OCH3 is 1. The largest absolute Gasteiger partial charge is 0.468 e. The molecule has 0 spiro atoms. The van der Waals surface area contributed by atoms with Crippen molar-refractivity contribution in [1.29, 1.82) is 0 Å². The molecule has 98 valence electrons. The number of rotatable bonds is 3. The van der Waals surface area contributed by atoms with Crippen LogP contribution < -0.4 is 5.32 Å². The Balaban J connectivity index is 1.86. The number of carbonyl (C=O) groups is 1. The minimum Gasteiger partial charge on any atom is -0.468 e. The van der Waals surface area contributed by atoms with Crippen molar-refractivity contribution in [3.63, 3.8) is 0 Å². The summed E-state index contributed by atoms with van der Waals surface area (Å²) in [5.41, 5.74) is 0.766. The van der Waals surface area contributed by atoms with Crippen LogP contribution in [0.1, 0.15) is 0 Å². The maximum atomic E-state index is 11.7. The molecule has 0 aliphatic carbocycles. The van der Waals surface area contributed by atoms with Crippen molar-refractivity contribution in [2.45, 2.75) is 11.3 Å². The van der Waals surface area contributed by atoms with E-state index in [1.165, 1.54) is 25.2 Å². The van der Waals surface area contributed by atoms with Gasteiger partial charge in [0.25, 0.3) is 0 Å². The molecule has 0 amide bonds. The summed E-state index contributed by atoms with van der Waals surface area (Å²) in [6, 6.07) is 1.77. The lowest BCUT2D eigenvalue weighted by Gasteiger charge is -2.18. The number of ether oxygens (including phenoxy) is 1. The highest BCUT2D eigenvalue weighted by Gasteiger charge is 2.31. The van der Waals surface area contributed by atoms with Gasteiger partial charge in [-0.3, -0.25) is 4.79 Å². The highest BCUT2D eigenvalue weighted by molar-refractivity contribution is 8.03. The van der Waals surface area contributed by atoms with Gasteiger partial charge in [0.15, 0.2) is 0 Å². The minimum atomic E-state index is -0.283. The van der Waals surface area contributed by atoms with Gasteiger partial charge in [0.1, 0.15) is 23.0 Å². The molecule has 3 rings (SSSR count). The van der Waals surface area contributed by atoms with Crippen LogP contribution in [0.25, 0.3) is 11.0 Å². The molecule has 2 atom stereocenters. The molecule has 0 aromatic carbocycles. The zero-order valence-corrected chi connectivity index (χ0v) is 11.0. The van der Waals surface area contributed by atoms with E-state index in [-0.39, 0.29) is 17.3 Å². The number of H-pyrrole nitrogens is 1. The fraction of sp³-hybridized carbons (Fsp3) is 0.250. The van der Waals surface area contributed by atoms with Gasteiger partial charge < -0.3 is 15.0 Å². The molecule has 0 fully saturated rings. The lowest BCUT2D eigenvalue weighted by molar-refractivity contribution is -0.139. The van der Waals surface area contributed by atoms with E-state index >= 15 is 0 Å². The Kier molecular flexibility index (Phi) is 3.12. The second-order valence-electron chi connectivity index (χ2n) is 4.04. The molecule has 2 aromatic heterocycles. The average Bonchev–Trinajstić information content (AvgIpc) is 3.06. The van der Waals surface area contributed by atoms with Gasteiger partial charge in [-0.25, -0.2) is 9.97 Å². The molecule has 2 N–H and O–H groups in total. The summed E-state index contributed by atoms with van der Waals surface area (Å²) in [5.74, 6) is 0.462. The van der Waals surface area contributed by atoms with Crippen molar-refractivity contribution >= 4 is 34.6 Å². The third-order valence-electron chi connectivity index (χ3n) is 2.93. The first kappa shape index (κ1) is 12.0. The number of thioether (sulfide) groups is 1. The molecule has 3 heterocycles. The van der Waals surface area contributed by atoms with Crippen molar-refractivity contribution in [1.82, 2.24) is 15.0 Å². The fourth-order valence-corrected chi connectivity index (χ4v) is 2.95. The van der Waals surface area contributed by atoms with Gasteiger partial charge in [0.05, 0.1) is 18.5 Å². The highest BCUT2D eigenvalue weighted by atomic mass is 32.2. The molecule has 0 bridgehead atoms. The molecule has 6 nitrogen and oxygen atoms in total. The van der Waals surface area contributed by atoms with Crippen molar-refractivity contribution in [2.24, 2.45) is 0 Å². The van der Waals surface area contributed by atoms with E-state index in [0.29, 0.717) is 5.82 Å². The fourth-order valence-electron chi connectivity index (χ4n) is 1.99. The van der Waals surface area contributed by atoms with Gasteiger partial charge in [-0.15, -0.1) is 11.8 Å². The van der Waals surface area contributed by atoms with Gasteiger partial charge in [-0.05, 0) is 11.5 Å². The maximum absolute atomic E-state index is 11.7. The third kappa shape index (κ3) is 2.17. The Bertz CT molecular complexity index is 639. The van der Waals surface area contributed by atoms with Gasteiger partial charge >= 0.3 is 5.97 Å². The second-order valence-corrected chi connectivity index (χ2v) is 5.09. The number of esters is 1. The lowest BCUT2D eigenvalue weighted by atomic mass is 10.2. The summed E-state index contributed by atoms with van der Waals surface area (Å²) in [7, 11) is 1.40. The molecule has 0 saturated carbocycles. The smallest absolute Gasteiger partial charge is 0.321 e. The number of hydrogen-bond acceptors (Lipinski definition) is 6. The number of anilines is 1. The Morgan fingerprint density at radius 3 is 3.26 bits per heavy atom. The predicted molar refractivity (Wildman–Crippen MR) is 73.8 cm³/mol. The number of nitrogens with zero attached hydrogens (tertiary/aromatic N) is 2. The number of nitrogens with one attached hydrogen (secondary N) is 2. The Morgan fingerprint density at radius 1 is 1.53 bits per heavy atom. The molecule has 2 unspecified atom stereocenters. The topological polar surface area (TPSA) is 79.9 Å². The van der Waals surface area contributed by atoms with Crippen molar-refractivity contribution in [3.05, 3.63) is 30.1 Å². The molecular weight excluding hydrogens is 264 g/mol. The summed E-state index contributed by atoms with van der Waals surface area (Å²) in [6.07, 6.45) is 5.23. The average molecular weight is 276 g/mol. The van der Waals surface area contributed by atoms with Crippen LogP contribution in [0.5, 0.6) is 0 Å². The number of aromatic nitrogens is 3. The number of carbonyl (C=O) groups excluding carboxylic acids is 1. The van der Waals surface area contributed by atoms with Gasteiger partial charge in [0, 0.05) is 6.20 Å². The number of fused-ring (bicyclic) bond motifs is 1. The first-order valence-electron chi connectivity index (χ1n) is 5.74. The van der Waals surface area contributed by atoms with Crippen LogP contribution in [0.3, 0.4) is 0 Å². The Hall–Kier alpha value is -2.02. The normalized spacial score (nSPS) is 21.7. The van der Waals surface area contributed by atoms with Crippen LogP contribution in [0, 0.1) is 0 Å². The molecule has 2 aromatic rings. The summed E-state index contributed by atoms with van der Waals surface area (Å²) in [5, 5.41) is 5.77. The van der Waals surface area contributed by atoms with E-state index in [4.69, 9.17) is 4.74 Å². The zero-order valence-electron chi connectivity index (χ0n) is 10.2. The monoisotopic (exact) mass is 276 g/mol. The summed E-state index contributed by atoms with van der Waals surface area (Å²) in [4.78, 5) is 23.0. The molecule has 1 aliphatic rings. The summed E-state index contributed by atoms with van der Waals surface area (Å²) >= 11 is 1.44. The van der Waals surface area contributed by atoms with Crippen LogP contribution in [-0.4, -0.2) is 39.3 Å². The number of aromatic amines is 1. The van der Waals surface area contributed by atoms with Crippen molar-refractivity contribution < 1.29 is 9.53 Å². The predicted octanol–water partition coefficient (Wildman–Crippen LogP) is 1.54. The summed E-state index contributed by atoms with van der Waals surface area (Å²) in [6.45, 7) is 0. The summed E-state index contributed by atoms with van der Waals surface area (Å²) < 4.78 is 4.80. The van der Waals surface area contributed by atoms with E-state index < -0.39 is 0 Å². The van der Waals surface area contributed by atoms with E-state index in [1.807, 2.05) is 23.7 Å². The van der Waals surface area contributed by atoms with Gasteiger partial charge in [-0.1, -0.05) is 6.08 Å². The van der Waals surface area contributed by atoms with Crippen LogP contribution in [-0.2, 0) is 9.53 Å². The van der Waals surface area contributed by atoms with Crippen LogP contribution in [0.4, 0.5) is 5.82 Å². The van der Waals surface area contributed by atoms with Crippen LogP contribution >= 0.6 is 11.8 Å². The first-order chi connectivity index (χ1) is 9.29. The van der Waals surface area contributed by atoms with Gasteiger partial charge in [0.2, 0.25) is 0 Å². The molecule has 7 heteroatoms. The Labute approximate surface area is 113 Å².